The van der Waals surface area contributed by atoms with E-state index in [0.717, 1.165) is 0 Å². The molecule has 0 aliphatic rings. The van der Waals surface area contributed by atoms with Crippen LogP contribution in [-0.4, -0.2) is 26.4 Å². The van der Waals surface area contributed by atoms with E-state index in [1.807, 2.05) is 0 Å². The second-order valence-electron chi connectivity index (χ2n) is 2.52. The van der Waals surface area contributed by atoms with Gasteiger partial charge in [-0.05, 0) is 13.0 Å². The van der Waals surface area contributed by atoms with Crippen molar-refractivity contribution in [3.05, 3.63) is 18.5 Å². The summed E-state index contributed by atoms with van der Waals surface area (Å²) in [5.41, 5.74) is 0.693. The van der Waals surface area contributed by atoms with Crippen molar-refractivity contribution in [2.24, 2.45) is 0 Å². The lowest BCUT2D eigenvalue weighted by atomic mass is 10.5. The Morgan fingerprint density at radius 3 is 3.29 bits per heavy atom. The predicted octanol–water partition coefficient (Wildman–Crippen LogP) is 0.526. The normalized spacial score (nSPS) is 9.50. The summed E-state index contributed by atoms with van der Waals surface area (Å²) in [4.78, 5) is 0. The Kier molecular flexibility index (Phi) is 2.28. The van der Waals surface area contributed by atoms with Crippen LogP contribution in [0.5, 0.6) is 5.88 Å². The van der Waals surface area contributed by atoms with Gasteiger partial charge in [0.1, 0.15) is 6.33 Å². The summed E-state index contributed by atoms with van der Waals surface area (Å²) in [5.74, 6) is 6.04. The Balaban J connectivity index is 2.20. The van der Waals surface area contributed by atoms with Crippen molar-refractivity contribution in [2.75, 3.05) is 6.61 Å². The van der Waals surface area contributed by atoms with Gasteiger partial charge in [0.25, 0.3) is 0 Å². The molecule has 0 saturated heterocycles. The summed E-state index contributed by atoms with van der Waals surface area (Å²) < 4.78 is 6.81. The molecule has 70 valence electrons. The molecule has 0 aliphatic carbocycles. The highest BCUT2D eigenvalue weighted by Gasteiger charge is 1.98. The van der Waals surface area contributed by atoms with E-state index in [0.29, 0.717) is 18.1 Å². The Morgan fingerprint density at radius 1 is 1.50 bits per heavy atom. The fourth-order valence-corrected chi connectivity index (χ4v) is 0.970. The number of hydrogen-bond donors (Lipinski definition) is 0. The first-order valence-electron chi connectivity index (χ1n) is 4.09. The maximum atomic E-state index is 5.26. The highest BCUT2D eigenvalue weighted by molar-refractivity contribution is 5.35. The predicted molar refractivity (Wildman–Crippen MR) is 49.7 cm³/mol. The number of fused-ring (bicyclic) bond motifs is 1. The quantitative estimate of drug-likeness (QED) is 0.645. The van der Waals surface area contributed by atoms with Crippen molar-refractivity contribution >= 4 is 5.65 Å². The Bertz CT molecular complexity index is 494. The molecule has 2 rings (SSSR count). The molecule has 5 nitrogen and oxygen atoms in total. The number of rotatable bonds is 2. The van der Waals surface area contributed by atoms with Crippen LogP contribution in [0, 0.1) is 11.8 Å². The third-order valence-electron chi connectivity index (χ3n) is 1.61. The molecule has 2 heterocycles. The smallest absolute Gasteiger partial charge is 0.232 e. The fraction of sp³-hybridized carbons (Fsp3) is 0.222. The van der Waals surface area contributed by atoms with Crippen LogP contribution >= 0.6 is 0 Å². The van der Waals surface area contributed by atoms with Gasteiger partial charge in [-0.25, -0.2) is 0 Å². The van der Waals surface area contributed by atoms with Crippen molar-refractivity contribution < 1.29 is 4.74 Å². The minimum atomic E-state index is 0.344. The molecule has 0 amide bonds. The molecule has 2 aromatic heterocycles. The molecule has 0 N–H and O–H groups in total. The van der Waals surface area contributed by atoms with Gasteiger partial charge in [0.2, 0.25) is 5.88 Å². The summed E-state index contributed by atoms with van der Waals surface area (Å²) in [6.07, 6.45) is 1.52. The minimum Gasteiger partial charge on any atom is -0.463 e. The van der Waals surface area contributed by atoms with E-state index in [2.05, 4.69) is 27.1 Å². The van der Waals surface area contributed by atoms with Gasteiger partial charge in [-0.15, -0.1) is 21.2 Å². The zero-order valence-electron chi connectivity index (χ0n) is 7.64. The van der Waals surface area contributed by atoms with Gasteiger partial charge in [0.15, 0.2) is 12.3 Å². The standard InChI is InChI=1S/C9H8N4O/c1-2-3-6-14-9-5-4-8-11-10-7-13(8)12-9/h4-5,7H,6H2,1H3. The third-order valence-corrected chi connectivity index (χ3v) is 1.61. The second-order valence-corrected chi connectivity index (χ2v) is 2.52. The van der Waals surface area contributed by atoms with E-state index in [1.165, 1.54) is 6.33 Å². The number of aromatic nitrogens is 4. The molecule has 0 unspecified atom stereocenters. The summed E-state index contributed by atoms with van der Waals surface area (Å²) in [6, 6.07) is 3.52. The van der Waals surface area contributed by atoms with Crippen molar-refractivity contribution in [1.29, 1.82) is 0 Å². The molecule has 2 aromatic rings. The Hall–Kier alpha value is -2.09. The molecule has 0 aromatic carbocycles. The lowest BCUT2D eigenvalue weighted by Crippen LogP contribution is -1.99. The first-order valence-corrected chi connectivity index (χ1v) is 4.09. The average molecular weight is 188 g/mol. The molecule has 14 heavy (non-hydrogen) atoms. The topological polar surface area (TPSA) is 52.3 Å². The van der Waals surface area contributed by atoms with E-state index in [-0.39, 0.29) is 0 Å². The van der Waals surface area contributed by atoms with Gasteiger partial charge < -0.3 is 4.74 Å². The largest absolute Gasteiger partial charge is 0.463 e. The van der Waals surface area contributed by atoms with Gasteiger partial charge >= 0.3 is 0 Å². The molecule has 0 bridgehead atoms. The van der Waals surface area contributed by atoms with Crippen LogP contribution in [0.2, 0.25) is 0 Å². The second kappa shape index (κ2) is 3.75. The van der Waals surface area contributed by atoms with Crippen molar-refractivity contribution in [3.63, 3.8) is 0 Å². The van der Waals surface area contributed by atoms with Crippen LogP contribution in [0.15, 0.2) is 18.5 Å². The van der Waals surface area contributed by atoms with Crippen LogP contribution in [0.1, 0.15) is 6.92 Å². The van der Waals surface area contributed by atoms with E-state index in [1.54, 1.807) is 23.6 Å². The molecule has 0 saturated carbocycles. The molecule has 0 atom stereocenters. The van der Waals surface area contributed by atoms with Crippen LogP contribution in [0.25, 0.3) is 5.65 Å². The van der Waals surface area contributed by atoms with Gasteiger partial charge in [0.05, 0.1) is 0 Å². The number of ether oxygens (including phenoxy) is 1. The van der Waals surface area contributed by atoms with E-state index < -0.39 is 0 Å². The summed E-state index contributed by atoms with van der Waals surface area (Å²) in [7, 11) is 0. The van der Waals surface area contributed by atoms with Crippen LogP contribution in [-0.2, 0) is 0 Å². The van der Waals surface area contributed by atoms with Crippen molar-refractivity contribution in [1.82, 2.24) is 19.8 Å². The van der Waals surface area contributed by atoms with Gasteiger partial charge in [0, 0.05) is 6.07 Å². The van der Waals surface area contributed by atoms with Crippen LogP contribution in [0.3, 0.4) is 0 Å². The highest BCUT2D eigenvalue weighted by atomic mass is 16.5. The van der Waals surface area contributed by atoms with Crippen molar-refractivity contribution in [3.8, 4) is 17.7 Å². The zero-order valence-corrected chi connectivity index (χ0v) is 7.64. The van der Waals surface area contributed by atoms with Crippen LogP contribution in [0.4, 0.5) is 0 Å². The fourth-order valence-electron chi connectivity index (χ4n) is 0.970. The lowest BCUT2D eigenvalue weighted by Gasteiger charge is -1.99. The molecular weight excluding hydrogens is 180 g/mol. The first kappa shape index (κ1) is 8.51. The van der Waals surface area contributed by atoms with E-state index >= 15 is 0 Å². The summed E-state index contributed by atoms with van der Waals surface area (Å²) >= 11 is 0. The maximum absolute atomic E-state index is 5.26. The average Bonchev–Trinajstić information content (AvgIpc) is 2.65. The van der Waals surface area contributed by atoms with Crippen molar-refractivity contribution in [2.45, 2.75) is 6.92 Å². The van der Waals surface area contributed by atoms with Gasteiger partial charge in [-0.3, -0.25) is 0 Å². The van der Waals surface area contributed by atoms with Gasteiger partial charge in [-0.1, -0.05) is 5.92 Å². The maximum Gasteiger partial charge on any atom is 0.232 e. The molecule has 0 spiro atoms. The summed E-state index contributed by atoms with van der Waals surface area (Å²) in [5, 5.41) is 11.6. The highest BCUT2D eigenvalue weighted by Crippen LogP contribution is 2.05. The van der Waals surface area contributed by atoms with Gasteiger partial charge in [-0.2, -0.15) is 4.52 Å². The Morgan fingerprint density at radius 2 is 2.43 bits per heavy atom. The lowest BCUT2D eigenvalue weighted by molar-refractivity contribution is 0.349. The minimum absolute atomic E-state index is 0.344. The monoisotopic (exact) mass is 188 g/mol. The number of nitrogens with zero attached hydrogens (tertiary/aromatic N) is 4. The zero-order chi connectivity index (χ0) is 9.80. The molecular formula is C9H8N4O. The van der Waals surface area contributed by atoms with E-state index in [4.69, 9.17) is 4.74 Å². The molecule has 0 aliphatic heterocycles. The first-order chi connectivity index (χ1) is 6.90. The Labute approximate surface area is 80.7 Å². The molecule has 5 heteroatoms. The van der Waals surface area contributed by atoms with E-state index in [9.17, 15) is 0 Å². The third kappa shape index (κ3) is 1.64. The number of hydrogen-bond acceptors (Lipinski definition) is 4. The summed E-state index contributed by atoms with van der Waals surface area (Å²) in [6.45, 7) is 2.11. The van der Waals surface area contributed by atoms with Crippen LogP contribution < -0.4 is 4.74 Å². The molecule has 0 fully saturated rings. The SMILES string of the molecule is CC#CCOc1ccc2nncn2n1. The molecule has 0 radical (unpaired) electrons.